The van der Waals surface area contributed by atoms with Crippen LogP contribution in [0.1, 0.15) is 16.7 Å². The van der Waals surface area contributed by atoms with Gasteiger partial charge in [-0.25, -0.2) is 8.42 Å². The molecule has 112 valence electrons. The molecule has 2 rings (SSSR count). The van der Waals surface area contributed by atoms with E-state index in [0.717, 1.165) is 11.1 Å². The Bertz CT molecular complexity index is 773. The molecule has 0 heterocycles. The second-order valence-corrected chi connectivity index (χ2v) is 6.93. The van der Waals surface area contributed by atoms with E-state index in [9.17, 15) is 8.42 Å². The highest BCUT2D eigenvalue weighted by Gasteiger charge is 2.18. The highest BCUT2D eigenvalue weighted by molar-refractivity contribution is 7.92. The van der Waals surface area contributed by atoms with Gasteiger partial charge in [0.1, 0.15) is 4.90 Å². The van der Waals surface area contributed by atoms with E-state index < -0.39 is 10.0 Å². The summed E-state index contributed by atoms with van der Waals surface area (Å²) >= 11 is 6.00. The third-order valence-corrected chi connectivity index (χ3v) is 5.14. The monoisotopic (exact) mass is 324 g/mol. The Morgan fingerprint density at radius 2 is 1.81 bits per heavy atom. The zero-order valence-electron chi connectivity index (χ0n) is 11.9. The van der Waals surface area contributed by atoms with Crippen LogP contribution in [0.5, 0.6) is 0 Å². The highest BCUT2D eigenvalue weighted by Crippen LogP contribution is 2.25. The van der Waals surface area contributed by atoms with Gasteiger partial charge in [-0.15, -0.1) is 0 Å². The molecule has 0 radical (unpaired) electrons. The third kappa shape index (κ3) is 3.56. The number of hydrogen-bond acceptors (Lipinski definition) is 3. The second-order valence-electron chi connectivity index (χ2n) is 4.87. The van der Waals surface area contributed by atoms with Crippen LogP contribution in [-0.4, -0.2) is 8.42 Å². The second kappa shape index (κ2) is 6.05. The largest absolute Gasteiger partial charge is 0.326 e. The minimum absolute atomic E-state index is 0.0327. The van der Waals surface area contributed by atoms with Crippen molar-refractivity contribution >= 4 is 27.3 Å². The predicted molar refractivity (Wildman–Crippen MR) is 86.1 cm³/mol. The van der Waals surface area contributed by atoms with Crippen LogP contribution in [-0.2, 0) is 16.6 Å². The first kappa shape index (κ1) is 15.8. The Labute approximate surface area is 130 Å². The molecule has 21 heavy (non-hydrogen) atoms. The topological polar surface area (TPSA) is 72.2 Å². The Morgan fingerprint density at radius 1 is 1.10 bits per heavy atom. The number of nitrogens with two attached hydrogens (primary N) is 1. The summed E-state index contributed by atoms with van der Waals surface area (Å²) in [5.41, 5.74) is 8.87. The van der Waals surface area contributed by atoms with Crippen molar-refractivity contribution in [2.75, 3.05) is 4.72 Å². The summed E-state index contributed by atoms with van der Waals surface area (Å²) in [6, 6.07) is 10.1. The van der Waals surface area contributed by atoms with E-state index in [1.165, 1.54) is 6.07 Å². The molecule has 0 aliphatic rings. The third-order valence-electron chi connectivity index (χ3n) is 3.28. The van der Waals surface area contributed by atoms with Gasteiger partial charge in [0.2, 0.25) is 0 Å². The van der Waals surface area contributed by atoms with Crippen LogP contribution in [0.25, 0.3) is 0 Å². The molecule has 2 aromatic carbocycles. The Morgan fingerprint density at radius 3 is 2.43 bits per heavy atom. The minimum atomic E-state index is -3.74. The number of hydrogen-bond donors (Lipinski definition) is 2. The lowest BCUT2D eigenvalue weighted by molar-refractivity contribution is 0.601. The van der Waals surface area contributed by atoms with Crippen molar-refractivity contribution in [2.24, 2.45) is 5.73 Å². The van der Waals surface area contributed by atoms with Crippen molar-refractivity contribution in [1.82, 2.24) is 0 Å². The molecule has 0 atom stereocenters. The molecule has 0 spiro atoms. The Balaban J connectivity index is 2.40. The summed E-state index contributed by atoms with van der Waals surface area (Å²) in [6.07, 6.45) is 0. The number of sulfonamides is 1. The number of aryl methyl sites for hydroxylation is 2. The Hall–Kier alpha value is -1.56. The number of rotatable bonds is 4. The molecule has 0 aliphatic heterocycles. The van der Waals surface area contributed by atoms with Crippen LogP contribution < -0.4 is 10.5 Å². The van der Waals surface area contributed by atoms with E-state index in [1.54, 1.807) is 24.3 Å². The van der Waals surface area contributed by atoms with E-state index in [1.807, 2.05) is 19.9 Å². The summed E-state index contributed by atoms with van der Waals surface area (Å²) in [4.78, 5) is 0.0327. The van der Waals surface area contributed by atoms with Gasteiger partial charge in [0, 0.05) is 12.2 Å². The minimum Gasteiger partial charge on any atom is -0.326 e. The van der Waals surface area contributed by atoms with Gasteiger partial charge in [0.15, 0.2) is 0 Å². The lowest BCUT2D eigenvalue weighted by atomic mass is 10.1. The summed E-state index contributed by atoms with van der Waals surface area (Å²) in [7, 11) is -3.74. The van der Waals surface area contributed by atoms with Crippen LogP contribution in [0, 0.1) is 13.8 Å². The highest BCUT2D eigenvalue weighted by atomic mass is 35.5. The van der Waals surface area contributed by atoms with E-state index >= 15 is 0 Å². The average molecular weight is 325 g/mol. The molecular weight excluding hydrogens is 308 g/mol. The first-order chi connectivity index (χ1) is 9.83. The van der Waals surface area contributed by atoms with Crippen molar-refractivity contribution in [1.29, 1.82) is 0 Å². The van der Waals surface area contributed by atoms with E-state index in [2.05, 4.69) is 4.72 Å². The first-order valence-electron chi connectivity index (χ1n) is 6.42. The van der Waals surface area contributed by atoms with Crippen LogP contribution in [0.3, 0.4) is 0 Å². The van der Waals surface area contributed by atoms with Gasteiger partial charge in [-0.2, -0.15) is 0 Å². The lowest BCUT2D eigenvalue weighted by Gasteiger charge is -2.12. The molecule has 0 bridgehead atoms. The van der Waals surface area contributed by atoms with Crippen molar-refractivity contribution in [2.45, 2.75) is 25.3 Å². The summed E-state index contributed by atoms with van der Waals surface area (Å²) in [6.45, 7) is 4.15. The van der Waals surface area contributed by atoms with Crippen LogP contribution in [0.2, 0.25) is 5.02 Å². The molecule has 0 amide bonds. The predicted octanol–water partition coefficient (Wildman–Crippen LogP) is 3.22. The molecule has 2 aromatic rings. The maximum absolute atomic E-state index is 12.5. The fraction of sp³-hybridized carbons (Fsp3) is 0.200. The molecule has 0 saturated heterocycles. The van der Waals surface area contributed by atoms with E-state index in [4.69, 9.17) is 17.3 Å². The van der Waals surface area contributed by atoms with Crippen molar-refractivity contribution < 1.29 is 8.42 Å². The van der Waals surface area contributed by atoms with Gasteiger partial charge < -0.3 is 5.73 Å². The van der Waals surface area contributed by atoms with Crippen molar-refractivity contribution in [3.63, 3.8) is 0 Å². The maximum atomic E-state index is 12.5. The number of benzene rings is 2. The summed E-state index contributed by atoms with van der Waals surface area (Å²) in [5, 5.41) is 0.170. The quantitative estimate of drug-likeness (QED) is 0.907. The molecule has 0 unspecified atom stereocenters. The van der Waals surface area contributed by atoms with E-state index in [-0.39, 0.29) is 16.5 Å². The molecule has 0 saturated carbocycles. The molecule has 4 nitrogen and oxygen atoms in total. The van der Waals surface area contributed by atoms with Gasteiger partial charge >= 0.3 is 0 Å². The van der Waals surface area contributed by atoms with Gasteiger partial charge in [0.05, 0.1) is 5.02 Å². The zero-order chi connectivity index (χ0) is 15.6. The zero-order valence-corrected chi connectivity index (χ0v) is 13.4. The first-order valence-corrected chi connectivity index (χ1v) is 8.28. The molecule has 0 aromatic heterocycles. The van der Waals surface area contributed by atoms with Crippen molar-refractivity contribution in [3.8, 4) is 0 Å². The normalized spacial score (nSPS) is 11.4. The smallest absolute Gasteiger partial charge is 0.263 e. The van der Waals surface area contributed by atoms with Gasteiger partial charge in [-0.3, -0.25) is 4.72 Å². The fourth-order valence-corrected chi connectivity index (χ4v) is 3.50. The van der Waals surface area contributed by atoms with Gasteiger partial charge in [-0.1, -0.05) is 23.7 Å². The van der Waals surface area contributed by atoms with E-state index in [0.29, 0.717) is 11.3 Å². The SMILES string of the molecule is Cc1ccc(NS(=O)(=O)c2cc(CN)ccc2Cl)cc1C. The van der Waals surface area contributed by atoms with Crippen LogP contribution in [0.4, 0.5) is 5.69 Å². The Kier molecular flexibility index (Phi) is 4.56. The van der Waals surface area contributed by atoms with Gasteiger partial charge in [0.25, 0.3) is 10.0 Å². The fourth-order valence-electron chi connectivity index (χ4n) is 1.90. The average Bonchev–Trinajstić information content (AvgIpc) is 2.43. The molecule has 6 heteroatoms. The number of anilines is 1. The summed E-state index contributed by atoms with van der Waals surface area (Å²) < 4.78 is 27.4. The van der Waals surface area contributed by atoms with Crippen LogP contribution in [0.15, 0.2) is 41.3 Å². The number of nitrogens with one attached hydrogen (secondary N) is 1. The molecule has 3 N–H and O–H groups in total. The number of halogens is 1. The van der Waals surface area contributed by atoms with Crippen molar-refractivity contribution in [3.05, 3.63) is 58.1 Å². The molecular formula is C15H17ClN2O2S. The standard InChI is InChI=1S/C15H17ClN2O2S/c1-10-3-5-13(7-11(10)2)18-21(19,20)15-8-12(9-17)4-6-14(15)16/h3-8,18H,9,17H2,1-2H3. The summed E-state index contributed by atoms with van der Waals surface area (Å²) in [5.74, 6) is 0. The lowest BCUT2D eigenvalue weighted by Crippen LogP contribution is -2.14. The maximum Gasteiger partial charge on any atom is 0.263 e. The molecule has 0 fully saturated rings. The van der Waals surface area contributed by atoms with Gasteiger partial charge in [-0.05, 0) is 54.8 Å². The van der Waals surface area contributed by atoms with Crippen LogP contribution >= 0.6 is 11.6 Å². The molecule has 0 aliphatic carbocycles.